The molecule has 13 N–H and O–H groups in total. The van der Waals surface area contributed by atoms with Gasteiger partial charge in [0.2, 0.25) is 11.8 Å². The zero-order valence-electron chi connectivity index (χ0n) is 34.9. The van der Waals surface area contributed by atoms with Crippen molar-refractivity contribution in [3.63, 3.8) is 0 Å². The molecule has 36 nitrogen and oxygen atoms in total. The van der Waals surface area contributed by atoms with E-state index in [1.54, 1.807) is 0 Å². The third-order valence-corrected chi connectivity index (χ3v) is 11.8. The maximum absolute atomic E-state index is 12.8. The number of carbonyl (C=O) groups is 4. The lowest BCUT2D eigenvalue weighted by Crippen LogP contribution is -2.71. The van der Waals surface area contributed by atoms with E-state index >= 15 is 0 Å². The quantitative estimate of drug-likeness (QED) is 0.0504. The zero-order valence-corrected chi connectivity index (χ0v) is 38.2. The fourth-order valence-electron chi connectivity index (χ4n) is 7.30. The largest absolute Gasteiger partial charge is 0.479 e. The van der Waals surface area contributed by atoms with Gasteiger partial charge in [0.25, 0.3) is 0 Å². The average Bonchev–Trinajstić information content (AvgIpc) is 3.18. The second-order valence-electron chi connectivity index (χ2n) is 15.1. The molecule has 0 radical (unpaired) electrons. The van der Waals surface area contributed by atoms with Crippen molar-refractivity contribution in [2.24, 2.45) is 0 Å². The van der Waals surface area contributed by atoms with Crippen LogP contribution in [0.5, 0.6) is 0 Å². The Morgan fingerprint density at radius 3 is 1.29 bits per heavy atom. The Hall–Kier alpha value is -3.12. The second-order valence-corrected chi connectivity index (χ2v) is 19.3. The number of carbonyl (C=O) groups excluding carboxylic acids is 2. The van der Waals surface area contributed by atoms with Gasteiger partial charge in [0.15, 0.2) is 31.1 Å². The summed E-state index contributed by atoms with van der Waals surface area (Å²) in [6.45, 7) is -0.136. The summed E-state index contributed by atoms with van der Waals surface area (Å²) < 4.78 is 188. The molecule has 400 valence electrons. The first-order valence-electron chi connectivity index (χ1n) is 19.0. The maximum atomic E-state index is 12.8. The van der Waals surface area contributed by atoms with Crippen LogP contribution in [0.15, 0.2) is 0 Å². The molecule has 40 heteroatoms. The van der Waals surface area contributed by atoms with E-state index in [4.69, 9.17) is 37.7 Å². The van der Waals surface area contributed by atoms with Gasteiger partial charge >= 0.3 is 53.5 Å². The van der Waals surface area contributed by atoms with Crippen molar-refractivity contribution in [1.82, 2.24) is 10.6 Å². The number of nitrogens with one attached hydrogen (secondary N) is 2. The summed E-state index contributed by atoms with van der Waals surface area (Å²) in [6, 6.07) is -4.02. The summed E-state index contributed by atoms with van der Waals surface area (Å²) in [7, 11) is -22.3. The summed E-state index contributed by atoms with van der Waals surface area (Å²) in [5, 5.41) is 78.4. The van der Waals surface area contributed by atoms with E-state index in [0.29, 0.717) is 0 Å². The molecule has 2 amide bonds. The minimum absolute atomic E-state index is 0.737. The number of hydrogen-bond donors (Lipinski definition) is 13. The van der Waals surface area contributed by atoms with Gasteiger partial charge in [0.05, 0.1) is 25.4 Å². The molecule has 0 aromatic rings. The molecule has 20 unspecified atom stereocenters. The summed E-state index contributed by atoms with van der Waals surface area (Å²) in [5.74, 6) is -6.28. The lowest BCUT2D eigenvalue weighted by molar-refractivity contribution is -0.364. The summed E-state index contributed by atoms with van der Waals surface area (Å²) in [5.41, 5.74) is 0. The van der Waals surface area contributed by atoms with Gasteiger partial charge in [-0.2, -0.15) is 33.7 Å². The molecular weight excluding hydrogens is 1050 g/mol. The Bertz CT molecular complexity index is 2300. The second kappa shape index (κ2) is 22.7. The number of aliphatic carboxylic acids is 2. The minimum atomic E-state index is -5.82. The molecule has 0 aromatic heterocycles. The van der Waals surface area contributed by atoms with Crippen LogP contribution in [0, 0.1) is 0 Å². The standard InChI is InChI=1S/C29H46N2O34S4/c1-6-11(30-7(2)32)20(18(64-68(49,50)51)9(57-6)4-55-66(43,44)45)59-29-17(38)15(36)22(24(63-29)26(41)42)61-27-12(31-8(3)33)21(60-28-16(37)13(34)14(35)23(62-28)25(39)40)19(65-69(52,53)54)10(58-27)5-56-67(46,47)48/h6,9-24,27-29,34-38H,4-5H2,1-3H3,(H,30,32)(H,31,33)(H,39,40)(H,41,42)(H,43,44,45)(H,46,47,48)(H,49,50,51)(H,52,53,54). The van der Waals surface area contributed by atoms with Crippen molar-refractivity contribution in [2.45, 2.75) is 143 Å². The van der Waals surface area contributed by atoms with Crippen LogP contribution in [-0.2, 0) is 111 Å². The van der Waals surface area contributed by atoms with Crippen LogP contribution in [0.3, 0.4) is 0 Å². The third kappa shape index (κ3) is 15.9. The van der Waals surface area contributed by atoms with Gasteiger partial charge in [-0.3, -0.25) is 27.8 Å². The van der Waals surface area contributed by atoms with Crippen molar-refractivity contribution in [1.29, 1.82) is 0 Å². The fraction of sp³-hybridized carbons (Fsp3) is 0.862. The Kier molecular flexibility index (Phi) is 19.3. The molecule has 4 saturated heterocycles. The summed E-state index contributed by atoms with van der Waals surface area (Å²) in [4.78, 5) is 49.6. The lowest BCUT2D eigenvalue weighted by Gasteiger charge is -2.50. The first-order valence-corrected chi connectivity index (χ1v) is 24.5. The van der Waals surface area contributed by atoms with E-state index in [-0.39, 0.29) is 0 Å². The highest BCUT2D eigenvalue weighted by Gasteiger charge is 2.59. The number of aliphatic hydroxyl groups excluding tert-OH is 5. The first kappa shape index (κ1) is 58.5. The molecule has 4 fully saturated rings. The normalized spacial score (nSPS) is 39.2. The van der Waals surface area contributed by atoms with Gasteiger partial charge in [-0.25, -0.2) is 26.3 Å². The van der Waals surface area contributed by atoms with Crippen LogP contribution < -0.4 is 10.6 Å². The van der Waals surface area contributed by atoms with E-state index in [9.17, 15) is 102 Å². The summed E-state index contributed by atoms with van der Waals surface area (Å²) in [6.07, 6.45) is -43.8. The predicted octanol–water partition coefficient (Wildman–Crippen LogP) is -8.90. The van der Waals surface area contributed by atoms with Crippen molar-refractivity contribution >= 4 is 65.3 Å². The van der Waals surface area contributed by atoms with Crippen LogP contribution in [-0.4, -0.2) is 247 Å². The van der Waals surface area contributed by atoms with Gasteiger partial charge in [-0.15, -0.1) is 0 Å². The molecule has 4 aliphatic heterocycles. The number of amides is 2. The fourth-order valence-corrected chi connectivity index (χ4v) is 8.94. The van der Waals surface area contributed by atoms with Crippen molar-refractivity contribution in [2.75, 3.05) is 13.2 Å². The third-order valence-electron chi connectivity index (χ3n) is 10.0. The number of carboxylic acid groups (broad SMARTS) is 2. The Labute approximate surface area is 388 Å². The van der Waals surface area contributed by atoms with Crippen molar-refractivity contribution < 1.29 is 157 Å². The van der Waals surface area contributed by atoms with Crippen molar-refractivity contribution in [3.05, 3.63) is 0 Å². The van der Waals surface area contributed by atoms with Crippen LogP contribution in [0.4, 0.5) is 0 Å². The average molecular weight is 1090 g/mol. The topological polar surface area (TPSA) is 553 Å². The van der Waals surface area contributed by atoms with E-state index in [2.05, 4.69) is 22.0 Å². The molecule has 0 saturated carbocycles. The molecule has 0 spiro atoms. The molecule has 69 heavy (non-hydrogen) atoms. The highest BCUT2D eigenvalue weighted by Crippen LogP contribution is 2.37. The van der Waals surface area contributed by atoms with Crippen LogP contribution in [0.25, 0.3) is 0 Å². The smallest absolute Gasteiger partial charge is 0.397 e. The molecule has 0 bridgehead atoms. The molecule has 4 aliphatic rings. The molecule has 0 aromatic carbocycles. The highest BCUT2D eigenvalue weighted by atomic mass is 32.3. The zero-order chi connectivity index (χ0) is 52.5. The molecule has 20 atom stereocenters. The molecular formula is C29H46N2O34S4. The number of ether oxygens (including phenoxy) is 7. The minimum Gasteiger partial charge on any atom is -0.479 e. The Morgan fingerprint density at radius 2 is 0.870 bits per heavy atom. The Morgan fingerprint density at radius 1 is 0.478 bits per heavy atom. The van der Waals surface area contributed by atoms with E-state index < -0.39 is 201 Å². The van der Waals surface area contributed by atoms with Gasteiger partial charge in [0.1, 0.15) is 79.3 Å². The van der Waals surface area contributed by atoms with Gasteiger partial charge < -0.3 is 79.5 Å². The van der Waals surface area contributed by atoms with E-state index in [0.717, 1.165) is 20.8 Å². The number of aliphatic hydroxyl groups is 5. The van der Waals surface area contributed by atoms with Crippen molar-refractivity contribution in [3.8, 4) is 0 Å². The maximum Gasteiger partial charge on any atom is 0.397 e. The molecule has 0 aliphatic carbocycles. The van der Waals surface area contributed by atoms with Gasteiger partial charge in [0, 0.05) is 13.8 Å². The van der Waals surface area contributed by atoms with E-state index in [1.807, 2.05) is 5.32 Å². The van der Waals surface area contributed by atoms with Crippen LogP contribution in [0.2, 0.25) is 0 Å². The predicted molar refractivity (Wildman–Crippen MR) is 203 cm³/mol. The Balaban J connectivity index is 1.81. The number of hydrogen-bond acceptors (Lipinski definition) is 28. The number of carboxylic acids is 2. The first-order chi connectivity index (χ1) is 31.5. The SMILES string of the molecule is CC(=O)NC1C(C)OC(COS(=O)(=O)O)C(OS(=O)(=O)O)C1OC1OC(C(=O)O)C(OC2OC(COS(=O)(=O)O)C(OS(=O)(=O)O)C(OC3OC(C(=O)O)C(O)C(O)C3O)C2NC(C)=O)C(O)C1O. The van der Waals surface area contributed by atoms with Crippen LogP contribution in [0.1, 0.15) is 20.8 Å². The van der Waals surface area contributed by atoms with E-state index in [1.165, 1.54) is 0 Å². The molecule has 4 heterocycles. The summed E-state index contributed by atoms with van der Waals surface area (Å²) >= 11 is 0. The number of rotatable bonds is 20. The van der Waals surface area contributed by atoms with Gasteiger partial charge in [-0.05, 0) is 6.92 Å². The highest BCUT2D eigenvalue weighted by molar-refractivity contribution is 7.81. The van der Waals surface area contributed by atoms with Gasteiger partial charge in [-0.1, -0.05) is 0 Å². The lowest BCUT2D eigenvalue weighted by atomic mass is 9.92. The van der Waals surface area contributed by atoms with Crippen LogP contribution >= 0.6 is 0 Å². The monoisotopic (exact) mass is 1090 g/mol. The molecule has 4 rings (SSSR count).